The van der Waals surface area contributed by atoms with Crippen molar-refractivity contribution < 1.29 is 27.5 Å². The lowest BCUT2D eigenvalue weighted by Crippen LogP contribution is -2.51. The predicted molar refractivity (Wildman–Crippen MR) is 116 cm³/mol. The van der Waals surface area contributed by atoms with Crippen molar-refractivity contribution in [2.75, 3.05) is 37.4 Å². The van der Waals surface area contributed by atoms with Crippen molar-refractivity contribution in [3.05, 3.63) is 54.1 Å². The number of nitrogens with zero attached hydrogens (tertiary/aromatic N) is 3. The Balaban J connectivity index is 1.45. The van der Waals surface area contributed by atoms with Crippen LogP contribution in [0.2, 0.25) is 0 Å². The van der Waals surface area contributed by atoms with E-state index in [2.05, 4.69) is 0 Å². The number of rotatable bonds is 5. The minimum absolute atomic E-state index is 0.0349. The van der Waals surface area contributed by atoms with Crippen LogP contribution in [0.3, 0.4) is 0 Å². The minimum atomic E-state index is -3.31. The van der Waals surface area contributed by atoms with Gasteiger partial charge in [-0.1, -0.05) is 24.3 Å². The molecule has 0 radical (unpaired) electrons. The van der Waals surface area contributed by atoms with Crippen molar-refractivity contribution in [3.8, 4) is 5.75 Å². The molecule has 3 amide bonds. The SMILES string of the molecule is CS(=O)(=O)c1ccc(CC(=O)N2CCCN2C(=O)CN2C(=O)COc3ccccc32)cc1. The van der Waals surface area contributed by atoms with Gasteiger partial charge in [0.1, 0.15) is 12.3 Å². The van der Waals surface area contributed by atoms with E-state index in [4.69, 9.17) is 4.74 Å². The monoisotopic (exact) mass is 457 g/mol. The number of benzene rings is 2. The summed E-state index contributed by atoms with van der Waals surface area (Å²) < 4.78 is 28.6. The molecule has 0 spiro atoms. The quantitative estimate of drug-likeness (QED) is 0.664. The predicted octanol–water partition coefficient (Wildman–Crippen LogP) is 1.03. The van der Waals surface area contributed by atoms with E-state index < -0.39 is 9.84 Å². The van der Waals surface area contributed by atoms with Crippen molar-refractivity contribution >= 4 is 33.2 Å². The molecule has 2 aliphatic rings. The first kappa shape index (κ1) is 21.8. The summed E-state index contributed by atoms with van der Waals surface area (Å²) in [6.07, 6.45) is 1.80. The number of carbonyl (C=O) groups excluding carboxylic acids is 3. The Morgan fingerprint density at radius 3 is 2.31 bits per heavy atom. The summed E-state index contributed by atoms with van der Waals surface area (Å²) in [5, 5.41) is 2.79. The van der Waals surface area contributed by atoms with Crippen LogP contribution in [-0.2, 0) is 30.6 Å². The van der Waals surface area contributed by atoms with E-state index in [1.807, 2.05) is 0 Å². The third kappa shape index (κ3) is 4.45. The molecule has 0 aromatic heterocycles. The van der Waals surface area contributed by atoms with Gasteiger partial charge >= 0.3 is 0 Å². The third-order valence-corrected chi connectivity index (χ3v) is 6.54. The summed E-state index contributed by atoms with van der Waals surface area (Å²) in [5.74, 6) is -0.406. The number of hydrogen-bond donors (Lipinski definition) is 0. The minimum Gasteiger partial charge on any atom is -0.482 e. The van der Waals surface area contributed by atoms with Crippen molar-refractivity contribution in [1.82, 2.24) is 10.0 Å². The maximum absolute atomic E-state index is 13.0. The zero-order chi connectivity index (χ0) is 22.9. The number of para-hydroxylation sites is 2. The van der Waals surface area contributed by atoms with Crippen LogP contribution in [0.5, 0.6) is 5.75 Å². The summed E-state index contributed by atoms with van der Waals surface area (Å²) in [5.41, 5.74) is 1.18. The molecule has 0 aliphatic carbocycles. The van der Waals surface area contributed by atoms with Crippen molar-refractivity contribution in [2.24, 2.45) is 0 Å². The smallest absolute Gasteiger partial charge is 0.265 e. The summed E-state index contributed by atoms with van der Waals surface area (Å²) in [6, 6.07) is 13.1. The molecule has 2 aromatic carbocycles. The van der Waals surface area contributed by atoms with Gasteiger partial charge in [0, 0.05) is 19.3 Å². The van der Waals surface area contributed by atoms with E-state index in [0.29, 0.717) is 36.5 Å². The molecule has 4 rings (SSSR count). The second kappa shape index (κ2) is 8.62. The first-order valence-corrected chi connectivity index (χ1v) is 12.0. The first-order valence-electron chi connectivity index (χ1n) is 10.2. The molecule has 2 aliphatic heterocycles. The molecule has 2 heterocycles. The Kier molecular flexibility index (Phi) is 5.88. The molecule has 10 heteroatoms. The summed E-state index contributed by atoms with van der Waals surface area (Å²) in [4.78, 5) is 39.8. The number of sulfone groups is 1. The highest BCUT2D eigenvalue weighted by molar-refractivity contribution is 7.90. The molecule has 0 N–H and O–H groups in total. The van der Waals surface area contributed by atoms with E-state index in [1.165, 1.54) is 27.1 Å². The standard InChI is InChI=1S/C22H23N3O6S/c1-32(29,30)17-9-7-16(8-10-17)13-20(26)24-11-4-12-25(24)21(27)14-23-18-5-2-3-6-19(18)31-15-22(23)28/h2-3,5-10H,4,11-15H2,1H3. The number of amides is 3. The lowest BCUT2D eigenvalue weighted by atomic mass is 10.1. The topological polar surface area (TPSA) is 104 Å². The highest BCUT2D eigenvalue weighted by atomic mass is 32.2. The normalized spacial score (nSPS) is 16.0. The van der Waals surface area contributed by atoms with E-state index in [-0.39, 0.29) is 42.2 Å². The summed E-state index contributed by atoms with van der Waals surface area (Å²) >= 11 is 0. The number of fused-ring (bicyclic) bond motifs is 1. The molecule has 0 unspecified atom stereocenters. The summed E-state index contributed by atoms with van der Waals surface area (Å²) in [7, 11) is -3.31. The van der Waals surface area contributed by atoms with Gasteiger partial charge in [0.15, 0.2) is 16.4 Å². The van der Waals surface area contributed by atoms with Crippen LogP contribution in [0.4, 0.5) is 5.69 Å². The van der Waals surface area contributed by atoms with Gasteiger partial charge in [0.2, 0.25) is 5.91 Å². The fraction of sp³-hybridized carbons (Fsp3) is 0.318. The molecule has 0 saturated carbocycles. The molecule has 1 fully saturated rings. The molecule has 32 heavy (non-hydrogen) atoms. The first-order chi connectivity index (χ1) is 15.2. The molecular weight excluding hydrogens is 434 g/mol. The van der Waals surface area contributed by atoms with Gasteiger partial charge < -0.3 is 4.74 Å². The molecule has 0 atom stereocenters. The molecule has 9 nitrogen and oxygen atoms in total. The number of anilines is 1. The Hall–Kier alpha value is -3.40. The Bertz CT molecular complexity index is 1160. The van der Waals surface area contributed by atoms with Crippen LogP contribution in [0.15, 0.2) is 53.4 Å². The van der Waals surface area contributed by atoms with Gasteiger partial charge in [0.25, 0.3) is 11.8 Å². The van der Waals surface area contributed by atoms with Crippen molar-refractivity contribution in [2.45, 2.75) is 17.7 Å². The second-order valence-corrected chi connectivity index (χ2v) is 9.73. The number of carbonyl (C=O) groups is 3. The van der Waals surface area contributed by atoms with Crippen LogP contribution >= 0.6 is 0 Å². The average molecular weight is 458 g/mol. The number of hydrogen-bond acceptors (Lipinski definition) is 6. The van der Waals surface area contributed by atoms with Crippen LogP contribution in [0, 0.1) is 0 Å². The van der Waals surface area contributed by atoms with Gasteiger partial charge in [0.05, 0.1) is 17.0 Å². The molecule has 2 aromatic rings. The molecule has 0 bridgehead atoms. The van der Waals surface area contributed by atoms with Crippen LogP contribution < -0.4 is 9.64 Å². The van der Waals surface area contributed by atoms with Crippen LogP contribution in [-0.4, -0.2) is 68.7 Å². The van der Waals surface area contributed by atoms with Gasteiger partial charge in [-0.3, -0.25) is 24.3 Å². The van der Waals surface area contributed by atoms with Gasteiger partial charge in [-0.25, -0.2) is 13.4 Å². The zero-order valence-corrected chi connectivity index (χ0v) is 18.4. The highest BCUT2D eigenvalue weighted by Crippen LogP contribution is 2.31. The van der Waals surface area contributed by atoms with Crippen molar-refractivity contribution in [1.29, 1.82) is 0 Å². The molecule has 1 saturated heterocycles. The van der Waals surface area contributed by atoms with Crippen molar-refractivity contribution in [3.63, 3.8) is 0 Å². The van der Waals surface area contributed by atoms with E-state index in [0.717, 1.165) is 6.26 Å². The Labute approximate surface area is 186 Å². The lowest BCUT2D eigenvalue weighted by Gasteiger charge is -2.33. The van der Waals surface area contributed by atoms with Gasteiger partial charge in [-0.2, -0.15) is 0 Å². The maximum atomic E-state index is 13.0. The van der Waals surface area contributed by atoms with Gasteiger partial charge in [-0.15, -0.1) is 0 Å². The fourth-order valence-electron chi connectivity index (χ4n) is 3.79. The van der Waals surface area contributed by atoms with Gasteiger partial charge in [-0.05, 0) is 36.2 Å². The number of ether oxygens (including phenoxy) is 1. The highest BCUT2D eigenvalue weighted by Gasteiger charge is 2.34. The Morgan fingerprint density at radius 1 is 0.969 bits per heavy atom. The molecular formula is C22H23N3O6S. The van der Waals surface area contributed by atoms with E-state index in [9.17, 15) is 22.8 Å². The fourth-order valence-corrected chi connectivity index (χ4v) is 4.43. The molecule has 168 valence electrons. The number of hydrazine groups is 1. The average Bonchev–Trinajstić information content (AvgIpc) is 3.26. The zero-order valence-electron chi connectivity index (χ0n) is 17.6. The van der Waals surface area contributed by atoms with Crippen LogP contribution in [0.1, 0.15) is 12.0 Å². The Morgan fingerprint density at radius 2 is 1.62 bits per heavy atom. The third-order valence-electron chi connectivity index (χ3n) is 5.42. The maximum Gasteiger partial charge on any atom is 0.265 e. The van der Waals surface area contributed by atoms with E-state index >= 15 is 0 Å². The summed E-state index contributed by atoms with van der Waals surface area (Å²) in [6.45, 7) is 0.458. The lowest BCUT2D eigenvalue weighted by molar-refractivity contribution is -0.156. The van der Waals surface area contributed by atoms with Crippen LogP contribution in [0.25, 0.3) is 0 Å². The second-order valence-electron chi connectivity index (χ2n) is 7.72. The largest absolute Gasteiger partial charge is 0.482 e. The van der Waals surface area contributed by atoms with E-state index in [1.54, 1.807) is 36.4 Å².